The van der Waals surface area contributed by atoms with Gasteiger partial charge in [0.15, 0.2) is 0 Å². The van der Waals surface area contributed by atoms with Gasteiger partial charge in [-0.15, -0.1) is 0 Å². The molecule has 0 heterocycles. The summed E-state index contributed by atoms with van der Waals surface area (Å²) in [4.78, 5) is 29.4. The van der Waals surface area contributed by atoms with Gasteiger partial charge >= 0.3 is 5.97 Å². The Kier molecular flexibility index (Phi) is 35.5. The average Bonchev–Trinajstić information content (AvgIpc) is 3.06. The monoisotopic (exact) mass is 681 g/mol. The SMILES string of the molecule is CCCCCC/C=C\COC(=O)CCCCCCCN(CCCCCCCCCCCCCCCCCC)C(=O)SCC(C)N(C)C. The molecule has 0 saturated heterocycles. The predicted octanol–water partition coefficient (Wildman–Crippen LogP) is 12.8. The van der Waals surface area contributed by atoms with E-state index in [1.54, 1.807) is 0 Å². The zero-order valence-electron chi connectivity index (χ0n) is 32.2. The first-order valence-corrected chi connectivity index (χ1v) is 21.3. The maximum absolute atomic E-state index is 13.1. The van der Waals surface area contributed by atoms with Crippen molar-refractivity contribution in [2.75, 3.05) is 39.5 Å². The van der Waals surface area contributed by atoms with Crippen LogP contribution >= 0.6 is 11.8 Å². The molecule has 0 aliphatic heterocycles. The second kappa shape index (κ2) is 36.3. The van der Waals surface area contributed by atoms with Gasteiger partial charge < -0.3 is 14.5 Å². The van der Waals surface area contributed by atoms with Crippen LogP contribution in [0, 0.1) is 0 Å². The maximum atomic E-state index is 13.1. The molecule has 0 aromatic carbocycles. The first-order valence-electron chi connectivity index (χ1n) is 20.3. The molecule has 0 aliphatic rings. The van der Waals surface area contributed by atoms with Crippen molar-refractivity contribution in [2.45, 2.75) is 200 Å². The zero-order chi connectivity index (χ0) is 34.6. The topological polar surface area (TPSA) is 49.9 Å². The minimum absolute atomic E-state index is 0.0832. The van der Waals surface area contributed by atoms with E-state index < -0.39 is 0 Å². The molecule has 1 amide bonds. The van der Waals surface area contributed by atoms with Crippen LogP contribution in [0.3, 0.4) is 0 Å². The number of hydrogen-bond acceptors (Lipinski definition) is 5. The Hall–Kier alpha value is -1.01. The standard InChI is InChI=1S/C41H80N2O3S/c1-6-8-10-12-14-15-16-17-18-19-20-21-22-23-27-31-35-43(41(45)47-38-39(3)42(4)5)36-32-28-25-26-30-34-40(44)46-37-33-29-24-13-11-9-7-2/h29,33,39H,6-28,30-32,34-38H2,1-5H3/b33-29-. The van der Waals surface area contributed by atoms with Gasteiger partial charge in [0, 0.05) is 31.3 Å². The molecule has 0 aliphatic carbocycles. The summed E-state index contributed by atoms with van der Waals surface area (Å²) in [5.74, 6) is 0.756. The van der Waals surface area contributed by atoms with Gasteiger partial charge in [-0.2, -0.15) is 0 Å². The van der Waals surface area contributed by atoms with Crippen molar-refractivity contribution in [2.24, 2.45) is 0 Å². The van der Waals surface area contributed by atoms with Gasteiger partial charge in [-0.3, -0.25) is 9.59 Å². The van der Waals surface area contributed by atoms with Crippen molar-refractivity contribution >= 4 is 23.0 Å². The minimum atomic E-state index is -0.0832. The molecule has 1 atom stereocenters. The van der Waals surface area contributed by atoms with Crippen molar-refractivity contribution in [3.8, 4) is 0 Å². The number of amides is 1. The van der Waals surface area contributed by atoms with Crippen LogP contribution in [0.2, 0.25) is 0 Å². The van der Waals surface area contributed by atoms with Crippen molar-refractivity contribution in [3.63, 3.8) is 0 Å². The van der Waals surface area contributed by atoms with Gasteiger partial charge in [-0.1, -0.05) is 173 Å². The Morgan fingerprint density at radius 1 is 0.596 bits per heavy atom. The number of esters is 1. The summed E-state index contributed by atoms with van der Waals surface area (Å²) in [5, 5.41) is 0.248. The zero-order valence-corrected chi connectivity index (χ0v) is 33.0. The first-order chi connectivity index (χ1) is 22.9. The van der Waals surface area contributed by atoms with Crippen LogP contribution in [-0.2, 0) is 9.53 Å². The molecule has 0 bridgehead atoms. The molecule has 0 radical (unpaired) electrons. The predicted molar refractivity (Wildman–Crippen MR) is 209 cm³/mol. The second-order valence-electron chi connectivity index (χ2n) is 14.2. The molecule has 47 heavy (non-hydrogen) atoms. The number of nitrogens with zero attached hydrogens (tertiary/aromatic N) is 2. The maximum Gasteiger partial charge on any atom is 0.306 e. The molecule has 0 fully saturated rings. The Bertz CT molecular complexity index is 715. The normalized spacial score (nSPS) is 12.3. The molecule has 0 rings (SSSR count). The number of unbranched alkanes of at least 4 members (excludes halogenated alkanes) is 23. The summed E-state index contributed by atoms with van der Waals surface area (Å²) in [7, 11) is 4.16. The summed E-state index contributed by atoms with van der Waals surface area (Å²) in [6.07, 6.45) is 37.9. The first kappa shape index (κ1) is 46.0. The van der Waals surface area contributed by atoms with Gasteiger partial charge in [0.05, 0.1) is 0 Å². The van der Waals surface area contributed by atoms with E-state index in [-0.39, 0.29) is 11.2 Å². The van der Waals surface area contributed by atoms with Crippen LogP contribution in [-0.4, -0.2) is 66.6 Å². The number of rotatable bonds is 35. The molecule has 278 valence electrons. The highest BCUT2D eigenvalue weighted by Crippen LogP contribution is 2.17. The third-order valence-corrected chi connectivity index (χ3v) is 10.6. The van der Waals surface area contributed by atoms with Crippen LogP contribution in [0.15, 0.2) is 12.2 Å². The van der Waals surface area contributed by atoms with Gasteiger partial charge in [-0.05, 0) is 53.1 Å². The van der Waals surface area contributed by atoms with E-state index >= 15 is 0 Å². The molecule has 0 N–H and O–H groups in total. The fourth-order valence-corrected chi connectivity index (χ4v) is 6.81. The highest BCUT2D eigenvalue weighted by Gasteiger charge is 2.16. The van der Waals surface area contributed by atoms with Crippen LogP contribution in [0.5, 0.6) is 0 Å². The lowest BCUT2D eigenvalue weighted by Crippen LogP contribution is -2.32. The van der Waals surface area contributed by atoms with Crippen LogP contribution < -0.4 is 0 Å². The Morgan fingerprint density at radius 2 is 1.02 bits per heavy atom. The van der Waals surface area contributed by atoms with Crippen LogP contribution in [0.1, 0.15) is 194 Å². The van der Waals surface area contributed by atoms with E-state index in [1.165, 1.54) is 134 Å². The summed E-state index contributed by atoms with van der Waals surface area (Å²) >= 11 is 1.49. The van der Waals surface area contributed by atoms with E-state index in [2.05, 4.69) is 50.7 Å². The molecular weight excluding hydrogens is 601 g/mol. The summed E-state index contributed by atoms with van der Waals surface area (Å²) in [6.45, 7) is 8.85. The molecule has 0 aromatic rings. The smallest absolute Gasteiger partial charge is 0.306 e. The number of ether oxygens (including phenoxy) is 1. The fraction of sp³-hybridized carbons (Fsp3) is 0.902. The van der Waals surface area contributed by atoms with Crippen molar-refractivity contribution < 1.29 is 14.3 Å². The lowest BCUT2D eigenvalue weighted by molar-refractivity contribution is -0.142. The molecule has 0 aromatic heterocycles. The summed E-state index contributed by atoms with van der Waals surface area (Å²) < 4.78 is 5.34. The molecule has 6 heteroatoms. The Labute approximate surface area is 298 Å². The molecule has 1 unspecified atom stereocenters. The summed E-state index contributed by atoms with van der Waals surface area (Å²) in [6, 6.07) is 0.389. The van der Waals surface area contributed by atoms with E-state index in [9.17, 15) is 9.59 Å². The average molecular weight is 681 g/mol. The quantitative estimate of drug-likeness (QED) is 0.0379. The largest absolute Gasteiger partial charge is 0.461 e. The minimum Gasteiger partial charge on any atom is -0.461 e. The molecule has 5 nitrogen and oxygen atoms in total. The number of hydrogen-bond donors (Lipinski definition) is 0. The van der Waals surface area contributed by atoms with E-state index in [0.29, 0.717) is 19.1 Å². The number of thioether (sulfide) groups is 1. The van der Waals surface area contributed by atoms with E-state index in [0.717, 1.165) is 63.8 Å². The Morgan fingerprint density at radius 3 is 1.49 bits per heavy atom. The third kappa shape index (κ3) is 33.3. The third-order valence-electron chi connectivity index (χ3n) is 9.41. The van der Waals surface area contributed by atoms with Crippen molar-refractivity contribution in [3.05, 3.63) is 12.2 Å². The van der Waals surface area contributed by atoms with E-state index in [1.807, 2.05) is 6.08 Å². The Balaban J connectivity index is 4.04. The molecular formula is C41H80N2O3S. The second-order valence-corrected chi connectivity index (χ2v) is 15.2. The van der Waals surface area contributed by atoms with E-state index in [4.69, 9.17) is 4.74 Å². The number of carbonyl (C=O) groups is 2. The van der Waals surface area contributed by atoms with Crippen LogP contribution in [0.25, 0.3) is 0 Å². The van der Waals surface area contributed by atoms with Gasteiger partial charge in [0.25, 0.3) is 5.24 Å². The summed E-state index contributed by atoms with van der Waals surface area (Å²) in [5.41, 5.74) is 0. The number of allylic oxidation sites excluding steroid dienone is 1. The van der Waals surface area contributed by atoms with Gasteiger partial charge in [0.1, 0.15) is 6.61 Å². The highest BCUT2D eigenvalue weighted by atomic mass is 32.2. The lowest BCUT2D eigenvalue weighted by atomic mass is 10.0. The van der Waals surface area contributed by atoms with Gasteiger partial charge in [-0.25, -0.2) is 0 Å². The molecule has 0 spiro atoms. The van der Waals surface area contributed by atoms with Crippen LogP contribution in [0.4, 0.5) is 4.79 Å². The number of carbonyl (C=O) groups excluding carboxylic acids is 2. The highest BCUT2D eigenvalue weighted by molar-refractivity contribution is 8.13. The van der Waals surface area contributed by atoms with Crippen molar-refractivity contribution in [1.82, 2.24) is 9.80 Å². The fourth-order valence-electron chi connectivity index (χ4n) is 5.77. The lowest BCUT2D eigenvalue weighted by Gasteiger charge is -2.24. The molecule has 0 saturated carbocycles. The van der Waals surface area contributed by atoms with Crippen molar-refractivity contribution in [1.29, 1.82) is 0 Å². The van der Waals surface area contributed by atoms with Gasteiger partial charge in [0.2, 0.25) is 0 Å².